The lowest BCUT2D eigenvalue weighted by Gasteiger charge is -2.32. The van der Waals surface area contributed by atoms with Crippen LogP contribution in [0.15, 0.2) is 12.2 Å². The molecule has 12 heavy (non-hydrogen) atoms. The number of ketones is 1. The Hall–Kier alpha value is -0.630. The number of rotatable bonds is 4. The number of Topliss-reactive ketones (excluding diaryl/α,β-unsaturated/α-hetero) is 1. The highest BCUT2D eigenvalue weighted by molar-refractivity contribution is 5.97. The van der Waals surface area contributed by atoms with Crippen LogP contribution in [0.25, 0.3) is 0 Å². The van der Waals surface area contributed by atoms with Crippen molar-refractivity contribution >= 4 is 5.78 Å². The van der Waals surface area contributed by atoms with Gasteiger partial charge in [-0.15, -0.1) is 0 Å². The molecular weight excluding hydrogens is 150 g/mol. The molecule has 0 saturated carbocycles. The van der Waals surface area contributed by atoms with E-state index in [2.05, 4.69) is 6.58 Å². The van der Waals surface area contributed by atoms with Crippen LogP contribution in [0.3, 0.4) is 0 Å². The van der Waals surface area contributed by atoms with Crippen molar-refractivity contribution < 1.29 is 9.28 Å². The third-order valence-corrected chi connectivity index (χ3v) is 2.04. The molecular formula is C10H20NO+. The SMILES string of the molecule is C=C(C)C(=O)C(CC)[N+](C)(C)C. The lowest BCUT2D eigenvalue weighted by molar-refractivity contribution is -0.886. The summed E-state index contributed by atoms with van der Waals surface area (Å²) >= 11 is 0. The molecule has 0 aliphatic rings. The summed E-state index contributed by atoms with van der Waals surface area (Å²) in [5.41, 5.74) is 0.662. The van der Waals surface area contributed by atoms with Crippen molar-refractivity contribution in [1.29, 1.82) is 0 Å². The molecule has 2 heteroatoms. The maximum Gasteiger partial charge on any atom is 0.215 e. The fourth-order valence-electron chi connectivity index (χ4n) is 1.37. The summed E-state index contributed by atoms with van der Waals surface area (Å²) in [6, 6.07) is 0.0579. The molecule has 0 bridgehead atoms. The third kappa shape index (κ3) is 2.78. The summed E-state index contributed by atoms with van der Waals surface area (Å²) < 4.78 is 0.683. The average molecular weight is 170 g/mol. The predicted octanol–water partition coefficient (Wildman–Crippen LogP) is 1.62. The maximum absolute atomic E-state index is 11.6. The summed E-state index contributed by atoms with van der Waals surface area (Å²) in [5.74, 6) is 0.185. The van der Waals surface area contributed by atoms with Gasteiger partial charge in [0.2, 0.25) is 5.78 Å². The van der Waals surface area contributed by atoms with Crippen LogP contribution < -0.4 is 0 Å². The lowest BCUT2D eigenvalue weighted by atomic mass is 10.0. The summed E-state index contributed by atoms with van der Waals surface area (Å²) in [4.78, 5) is 11.6. The van der Waals surface area contributed by atoms with E-state index in [9.17, 15) is 4.79 Å². The number of hydrogen-bond donors (Lipinski definition) is 0. The smallest absolute Gasteiger partial charge is 0.215 e. The first-order valence-electron chi connectivity index (χ1n) is 4.31. The molecule has 0 aromatic carbocycles. The Morgan fingerprint density at radius 1 is 1.42 bits per heavy atom. The van der Waals surface area contributed by atoms with Gasteiger partial charge in [0.05, 0.1) is 21.1 Å². The van der Waals surface area contributed by atoms with E-state index in [1.165, 1.54) is 0 Å². The van der Waals surface area contributed by atoms with E-state index in [1.807, 2.05) is 28.1 Å². The van der Waals surface area contributed by atoms with Gasteiger partial charge in [-0.05, 0) is 12.5 Å². The van der Waals surface area contributed by atoms with Crippen LogP contribution in [0.5, 0.6) is 0 Å². The normalized spacial score (nSPS) is 14.1. The van der Waals surface area contributed by atoms with Gasteiger partial charge >= 0.3 is 0 Å². The quantitative estimate of drug-likeness (QED) is 0.463. The Morgan fingerprint density at radius 2 is 1.83 bits per heavy atom. The first-order chi connectivity index (χ1) is 5.30. The second-order valence-corrected chi connectivity index (χ2v) is 4.18. The van der Waals surface area contributed by atoms with Crippen molar-refractivity contribution in [2.45, 2.75) is 26.3 Å². The lowest BCUT2D eigenvalue weighted by Crippen LogP contribution is -2.49. The zero-order valence-electron chi connectivity index (χ0n) is 8.85. The monoisotopic (exact) mass is 170 g/mol. The molecule has 0 radical (unpaired) electrons. The second-order valence-electron chi connectivity index (χ2n) is 4.18. The standard InChI is InChI=1S/C10H20NO/c1-7-9(11(4,5)6)10(12)8(2)3/h9H,2,7H2,1,3-6H3/q+1. The Labute approximate surface area is 75.5 Å². The molecule has 0 spiro atoms. The Bertz CT molecular complexity index is 189. The van der Waals surface area contributed by atoms with Crippen LogP contribution >= 0.6 is 0 Å². The van der Waals surface area contributed by atoms with E-state index in [4.69, 9.17) is 0 Å². The number of quaternary nitrogens is 1. The van der Waals surface area contributed by atoms with Gasteiger partial charge in [0.1, 0.15) is 0 Å². The number of hydrogen-bond acceptors (Lipinski definition) is 1. The summed E-state index contributed by atoms with van der Waals surface area (Å²) in [7, 11) is 6.11. The molecule has 1 atom stereocenters. The molecule has 0 aromatic rings. The minimum atomic E-state index is 0.0579. The van der Waals surface area contributed by atoms with Gasteiger partial charge in [0.15, 0.2) is 6.04 Å². The largest absolute Gasteiger partial charge is 0.322 e. The Morgan fingerprint density at radius 3 is 1.92 bits per heavy atom. The number of nitrogens with zero attached hydrogens (tertiary/aromatic N) is 1. The molecule has 0 heterocycles. The van der Waals surface area contributed by atoms with E-state index in [0.717, 1.165) is 6.42 Å². The first kappa shape index (κ1) is 11.4. The maximum atomic E-state index is 11.6. The van der Waals surface area contributed by atoms with Gasteiger partial charge in [0.25, 0.3) is 0 Å². The fraction of sp³-hybridized carbons (Fsp3) is 0.700. The molecule has 0 aliphatic carbocycles. The van der Waals surface area contributed by atoms with Crippen molar-refractivity contribution in [1.82, 2.24) is 0 Å². The number of carbonyl (C=O) groups excluding carboxylic acids is 1. The van der Waals surface area contributed by atoms with Crippen molar-refractivity contribution in [2.75, 3.05) is 21.1 Å². The van der Waals surface area contributed by atoms with Gasteiger partial charge < -0.3 is 4.48 Å². The van der Waals surface area contributed by atoms with E-state index in [0.29, 0.717) is 10.1 Å². The van der Waals surface area contributed by atoms with Gasteiger partial charge in [-0.25, -0.2) is 0 Å². The number of likely N-dealkylation sites (N-methyl/N-ethyl adjacent to an activating group) is 1. The van der Waals surface area contributed by atoms with Crippen molar-refractivity contribution in [3.8, 4) is 0 Å². The van der Waals surface area contributed by atoms with Gasteiger partial charge in [-0.3, -0.25) is 4.79 Å². The van der Waals surface area contributed by atoms with E-state index >= 15 is 0 Å². The van der Waals surface area contributed by atoms with Crippen molar-refractivity contribution in [3.05, 3.63) is 12.2 Å². The van der Waals surface area contributed by atoms with Crippen molar-refractivity contribution in [3.63, 3.8) is 0 Å². The van der Waals surface area contributed by atoms with Gasteiger partial charge in [-0.2, -0.15) is 0 Å². The second kappa shape index (κ2) is 3.85. The van der Waals surface area contributed by atoms with Gasteiger partial charge in [-0.1, -0.05) is 13.5 Å². The molecule has 0 saturated heterocycles. The highest BCUT2D eigenvalue weighted by Crippen LogP contribution is 2.11. The van der Waals surface area contributed by atoms with Crippen molar-refractivity contribution in [2.24, 2.45) is 0 Å². The van der Waals surface area contributed by atoms with Crippen LogP contribution in [0.4, 0.5) is 0 Å². The number of carbonyl (C=O) groups is 1. The Balaban J connectivity index is 4.58. The molecule has 0 fully saturated rings. The molecule has 70 valence electrons. The zero-order chi connectivity index (χ0) is 9.94. The average Bonchev–Trinajstić information content (AvgIpc) is 1.85. The third-order valence-electron chi connectivity index (χ3n) is 2.04. The fourth-order valence-corrected chi connectivity index (χ4v) is 1.37. The first-order valence-corrected chi connectivity index (χ1v) is 4.31. The van der Waals surface area contributed by atoms with E-state index in [-0.39, 0.29) is 11.8 Å². The van der Waals surface area contributed by atoms with E-state index in [1.54, 1.807) is 6.92 Å². The van der Waals surface area contributed by atoms with Gasteiger partial charge in [0, 0.05) is 6.42 Å². The predicted molar refractivity (Wildman–Crippen MR) is 51.9 cm³/mol. The minimum absolute atomic E-state index is 0.0579. The molecule has 0 aromatic heterocycles. The van der Waals surface area contributed by atoms with E-state index < -0.39 is 0 Å². The van der Waals surface area contributed by atoms with Crippen LogP contribution in [-0.4, -0.2) is 37.5 Å². The zero-order valence-corrected chi connectivity index (χ0v) is 8.85. The summed E-state index contributed by atoms with van der Waals surface area (Å²) in [5, 5.41) is 0. The summed E-state index contributed by atoms with van der Waals surface area (Å²) in [6.07, 6.45) is 0.870. The highest BCUT2D eigenvalue weighted by atomic mass is 16.1. The topological polar surface area (TPSA) is 17.1 Å². The molecule has 0 N–H and O–H groups in total. The molecule has 2 nitrogen and oxygen atoms in total. The van der Waals surface area contributed by atoms with Crippen LogP contribution in [-0.2, 0) is 4.79 Å². The van der Waals surface area contributed by atoms with Crippen LogP contribution in [0.2, 0.25) is 0 Å². The highest BCUT2D eigenvalue weighted by Gasteiger charge is 2.29. The van der Waals surface area contributed by atoms with Crippen LogP contribution in [0.1, 0.15) is 20.3 Å². The minimum Gasteiger partial charge on any atom is -0.322 e. The molecule has 0 rings (SSSR count). The molecule has 0 aliphatic heterocycles. The summed E-state index contributed by atoms with van der Waals surface area (Å²) in [6.45, 7) is 7.49. The molecule has 0 amide bonds. The van der Waals surface area contributed by atoms with Crippen LogP contribution in [0, 0.1) is 0 Å². The molecule has 1 unspecified atom stereocenters. The Kier molecular flexibility index (Phi) is 3.65.